The van der Waals surface area contributed by atoms with Crippen LogP contribution in [-0.4, -0.2) is 9.78 Å². The Morgan fingerprint density at radius 1 is 1.31 bits per heavy atom. The molecule has 0 aliphatic heterocycles. The largest absolute Gasteiger partial charge is 0.299 e. The second-order valence-electron chi connectivity index (χ2n) is 5.86. The number of H-pyrrole nitrogens is 1. The number of aryl methyl sites for hydroxylation is 1. The number of aromatic amines is 1. The fourth-order valence-electron chi connectivity index (χ4n) is 2.09. The summed E-state index contributed by atoms with van der Waals surface area (Å²) in [6.45, 7) is 13.3. The fraction of sp³-hybridized carbons (Fsp3) is 0.769. The summed E-state index contributed by atoms with van der Waals surface area (Å²) in [5, 5.41) is 3.24. The van der Waals surface area contributed by atoms with Crippen molar-refractivity contribution in [3.8, 4) is 0 Å². The quantitative estimate of drug-likeness (QED) is 0.842. The van der Waals surface area contributed by atoms with Gasteiger partial charge in [-0.2, -0.15) is 0 Å². The van der Waals surface area contributed by atoms with Crippen LogP contribution in [0.2, 0.25) is 0 Å². The molecule has 92 valence electrons. The van der Waals surface area contributed by atoms with Gasteiger partial charge in [0.05, 0.1) is 0 Å². The summed E-state index contributed by atoms with van der Waals surface area (Å²) >= 11 is 0. The van der Waals surface area contributed by atoms with Crippen molar-refractivity contribution < 1.29 is 0 Å². The maximum atomic E-state index is 12.2. The molecule has 0 saturated carbocycles. The van der Waals surface area contributed by atoms with Gasteiger partial charge in [0.1, 0.15) is 0 Å². The first-order chi connectivity index (χ1) is 7.27. The zero-order valence-electron chi connectivity index (χ0n) is 11.3. The van der Waals surface area contributed by atoms with E-state index in [2.05, 4.69) is 39.7 Å². The van der Waals surface area contributed by atoms with E-state index >= 15 is 0 Å². The van der Waals surface area contributed by atoms with Gasteiger partial charge in [0.25, 0.3) is 5.56 Å². The van der Waals surface area contributed by atoms with Crippen molar-refractivity contribution in [1.82, 2.24) is 9.78 Å². The van der Waals surface area contributed by atoms with Gasteiger partial charge in [-0.05, 0) is 24.7 Å². The number of hydrogen-bond donors (Lipinski definition) is 1. The predicted octanol–water partition coefficient (Wildman–Crippen LogP) is 2.69. The summed E-state index contributed by atoms with van der Waals surface area (Å²) in [7, 11) is 0. The Hall–Kier alpha value is -0.990. The molecule has 0 amide bonds. The molecule has 0 atom stereocenters. The van der Waals surface area contributed by atoms with Crippen LogP contribution < -0.4 is 5.56 Å². The minimum atomic E-state index is -0.0851. The van der Waals surface area contributed by atoms with Crippen molar-refractivity contribution in [3.63, 3.8) is 0 Å². The molecule has 0 aliphatic rings. The molecule has 0 bridgehead atoms. The average molecular weight is 224 g/mol. The molecule has 1 heterocycles. The van der Waals surface area contributed by atoms with E-state index in [1.54, 1.807) is 4.68 Å². The molecule has 1 rings (SSSR count). The predicted molar refractivity (Wildman–Crippen MR) is 68.0 cm³/mol. The Labute approximate surface area is 97.8 Å². The van der Waals surface area contributed by atoms with Crippen LogP contribution in [0.4, 0.5) is 0 Å². The maximum absolute atomic E-state index is 12.2. The first-order valence-corrected chi connectivity index (χ1v) is 6.09. The molecule has 1 N–H and O–H groups in total. The molecule has 3 nitrogen and oxygen atoms in total. The van der Waals surface area contributed by atoms with Gasteiger partial charge >= 0.3 is 0 Å². The Morgan fingerprint density at radius 2 is 1.88 bits per heavy atom. The molecule has 0 saturated heterocycles. The van der Waals surface area contributed by atoms with Gasteiger partial charge in [-0.1, -0.05) is 34.6 Å². The number of hydrogen-bond acceptors (Lipinski definition) is 1. The standard InChI is InChI=1S/C13H24N2O/c1-7-15-12(16)11(13(4,5)6)10(14-15)8-9(2)3/h9,14H,7-8H2,1-6H3. The molecule has 0 aliphatic carbocycles. The minimum absolute atomic E-state index is 0.0851. The lowest BCUT2D eigenvalue weighted by Gasteiger charge is -2.18. The summed E-state index contributed by atoms with van der Waals surface area (Å²) in [6.07, 6.45) is 0.939. The molecule has 0 radical (unpaired) electrons. The lowest BCUT2D eigenvalue weighted by molar-refractivity contribution is 0.561. The summed E-state index contributed by atoms with van der Waals surface area (Å²) in [4.78, 5) is 12.2. The Bertz CT molecular complexity index is 405. The van der Waals surface area contributed by atoms with Crippen molar-refractivity contribution in [2.45, 2.75) is 59.9 Å². The Kier molecular flexibility index (Phi) is 3.66. The molecule has 1 aromatic rings. The van der Waals surface area contributed by atoms with Crippen molar-refractivity contribution in [2.24, 2.45) is 5.92 Å². The smallest absolute Gasteiger partial charge is 0.270 e. The van der Waals surface area contributed by atoms with Gasteiger partial charge in [0.15, 0.2) is 0 Å². The Morgan fingerprint density at radius 3 is 2.25 bits per heavy atom. The number of rotatable bonds is 3. The lowest BCUT2D eigenvalue weighted by Crippen LogP contribution is -2.26. The van der Waals surface area contributed by atoms with E-state index in [9.17, 15) is 4.79 Å². The minimum Gasteiger partial charge on any atom is -0.299 e. The molecule has 0 aromatic carbocycles. The second-order valence-corrected chi connectivity index (χ2v) is 5.86. The molecular weight excluding hydrogens is 200 g/mol. The monoisotopic (exact) mass is 224 g/mol. The van der Waals surface area contributed by atoms with E-state index < -0.39 is 0 Å². The van der Waals surface area contributed by atoms with Crippen LogP contribution in [0.25, 0.3) is 0 Å². The summed E-state index contributed by atoms with van der Waals surface area (Å²) in [6, 6.07) is 0. The van der Waals surface area contributed by atoms with Crippen LogP contribution in [0, 0.1) is 5.92 Å². The highest BCUT2D eigenvalue weighted by Gasteiger charge is 2.25. The van der Waals surface area contributed by atoms with E-state index in [0.29, 0.717) is 12.5 Å². The normalized spacial score (nSPS) is 12.4. The van der Waals surface area contributed by atoms with Crippen LogP contribution in [0.3, 0.4) is 0 Å². The van der Waals surface area contributed by atoms with Gasteiger partial charge in [-0.25, -0.2) is 0 Å². The van der Waals surface area contributed by atoms with Gasteiger partial charge in [-0.3, -0.25) is 14.6 Å². The zero-order chi connectivity index (χ0) is 12.5. The van der Waals surface area contributed by atoms with E-state index in [0.717, 1.165) is 17.7 Å². The van der Waals surface area contributed by atoms with E-state index in [1.807, 2.05) is 6.92 Å². The lowest BCUT2D eigenvalue weighted by atomic mass is 9.85. The molecule has 3 heteroatoms. The van der Waals surface area contributed by atoms with Crippen LogP contribution in [0.5, 0.6) is 0 Å². The molecule has 0 unspecified atom stereocenters. The van der Waals surface area contributed by atoms with Crippen molar-refractivity contribution >= 4 is 0 Å². The summed E-state index contributed by atoms with van der Waals surface area (Å²) in [5.74, 6) is 0.560. The average Bonchev–Trinajstić information content (AvgIpc) is 2.39. The number of aromatic nitrogens is 2. The van der Waals surface area contributed by atoms with Crippen LogP contribution >= 0.6 is 0 Å². The topological polar surface area (TPSA) is 37.8 Å². The molecule has 1 aromatic heterocycles. The molecule has 0 spiro atoms. The fourth-order valence-corrected chi connectivity index (χ4v) is 2.09. The zero-order valence-corrected chi connectivity index (χ0v) is 11.3. The third-order valence-electron chi connectivity index (χ3n) is 2.71. The van der Waals surface area contributed by atoms with Crippen LogP contribution in [-0.2, 0) is 18.4 Å². The number of nitrogens with zero attached hydrogens (tertiary/aromatic N) is 1. The molecule has 16 heavy (non-hydrogen) atoms. The molecular formula is C13H24N2O. The van der Waals surface area contributed by atoms with Crippen LogP contribution in [0.15, 0.2) is 4.79 Å². The van der Waals surface area contributed by atoms with Crippen molar-refractivity contribution in [2.75, 3.05) is 0 Å². The van der Waals surface area contributed by atoms with Gasteiger partial charge in [0.2, 0.25) is 0 Å². The summed E-state index contributed by atoms with van der Waals surface area (Å²) in [5.41, 5.74) is 2.11. The van der Waals surface area contributed by atoms with Crippen molar-refractivity contribution in [3.05, 3.63) is 21.6 Å². The van der Waals surface area contributed by atoms with Gasteiger partial charge in [-0.15, -0.1) is 0 Å². The van der Waals surface area contributed by atoms with Gasteiger partial charge in [0, 0.05) is 17.8 Å². The third kappa shape index (κ3) is 2.57. The van der Waals surface area contributed by atoms with E-state index in [4.69, 9.17) is 0 Å². The Balaban J connectivity index is 3.31. The first-order valence-electron chi connectivity index (χ1n) is 6.09. The highest BCUT2D eigenvalue weighted by molar-refractivity contribution is 5.25. The summed E-state index contributed by atoms with van der Waals surface area (Å²) < 4.78 is 1.71. The van der Waals surface area contributed by atoms with Gasteiger partial charge < -0.3 is 0 Å². The number of nitrogens with one attached hydrogen (secondary N) is 1. The van der Waals surface area contributed by atoms with E-state index in [-0.39, 0.29) is 11.0 Å². The maximum Gasteiger partial charge on any atom is 0.270 e. The van der Waals surface area contributed by atoms with Crippen molar-refractivity contribution in [1.29, 1.82) is 0 Å². The third-order valence-corrected chi connectivity index (χ3v) is 2.71. The first kappa shape index (κ1) is 13.1. The molecule has 0 fully saturated rings. The van der Waals surface area contributed by atoms with E-state index in [1.165, 1.54) is 0 Å². The second kappa shape index (κ2) is 4.48. The SMILES string of the molecule is CCn1[nH]c(CC(C)C)c(C(C)(C)C)c1=O. The van der Waals surface area contributed by atoms with Crippen LogP contribution in [0.1, 0.15) is 52.8 Å². The highest BCUT2D eigenvalue weighted by atomic mass is 16.1. The highest BCUT2D eigenvalue weighted by Crippen LogP contribution is 2.23.